The number of rotatable bonds is 7. The van der Waals surface area contributed by atoms with E-state index in [1.165, 1.54) is 5.56 Å². The predicted molar refractivity (Wildman–Crippen MR) is 97.1 cm³/mol. The van der Waals surface area contributed by atoms with Gasteiger partial charge in [-0.3, -0.25) is 4.79 Å². The number of hydrogen-bond donors (Lipinski definition) is 1. The molecule has 0 saturated carbocycles. The number of carbonyl (C=O) groups is 1. The fraction of sp³-hybridized carbons (Fsp3) is 0.421. The first-order valence-corrected chi connectivity index (χ1v) is 8.42. The molecule has 0 aliphatic heterocycles. The molecule has 0 bridgehead atoms. The second-order valence-electron chi connectivity index (χ2n) is 6.30. The Morgan fingerprint density at radius 3 is 2.54 bits per heavy atom. The van der Waals surface area contributed by atoms with Crippen molar-refractivity contribution in [1.29, 1.82) is 0 Å². The molecule has 0 atom stereocenters. The van der Waals surface area contributed by atoms with Crippen molar-refractivity contribution in [2.24, 2.45) is 5.92 Å². The van der Waals surface area contributed by atoms with Crippen molar-refractivity contribution >= 4 is 11.9 Å². The first kappa shape index (κ1) is 17.9. The van der Waals surface area contributed by atoms with Crippen LogP contribution in [0.4, 0.5) is 5.95 Å². The van der Waals surface area contributed by atoms with Crippen LogP contribution in [0.5, 0.6) is 0 Å². The summed E-state index contributed by atoms with van der Waals surface area (Å²) in [5.74, 6) is 0.851. The fourth-order valence-corrected chi connectivity index (χ4v) is 2.33. The number of nitrogens with zero attached hydrogens (tertiary/aromatic N) is 3. The Labute approximate surface area is 144 Å². The molecule has 0 radical (unpaired) electrons. The molecule has 128 valence electrons. The maximum atomic E-state index is 12.3. The Hall–Kier alpha value is -2.43. The third kappa shape index (κ3) is 5.05. The van der Waals surface area contributed by atoms with Gasteiger partial charge in [-0.2, -0.15) is 0 Å². The summed E-state index contributed by atoms with van der Waals surface area (Å²) >= 11 is 0. The Balaban J connectivity index is 2.20. The largest absolute Gasteiger partial charge is 0.350 e. The van der Waals surface area contributed by atoms with Crippen LogP contribution in [0, 0.1) is 12.8 Å². The van der Waals surface area contributed by atoms with E-state index in [0.717, 1.165) is 12.2 Å². The minimum absolute atomic E-state index is 0.147. The van der Waals surface area contributed by atoms with E-state index in [9.17, 15) is 4.79 Å². The fourth-order valence-electron chi connectivity index (χ4n) is 2.33. The van der Waals surface area contributed by atoms with Gasteiger partial charge in [-0.05, 0) is 31.4 Å². The summed E-state index contributed by atoms with van der Waals surface area (Å²) in [5, 5.41) is 2.91. The highest BCUT2D eigenvalue weighted by molar-refractivity contribution is 5.92. The smallest absolute Gasteiger partial charge is 0.270 e. The molecule has 5 nitrogen and oxygen atoms in total. The number of hydrogen-bond acceptors (Lipinski definition) is 4. The molecule has 0 unspecified atom stereocenters. The van der Waals surface area contributed by atoms with Crippen molar-refractivity contribution in [3.8, 4) is 0 Å². The molecule has 0 aliphatic carbocycles. The lowest BCUT2D eigenvalue weighted by atomic mass is 10.2. The van der Waals surface area contributed by atoms with Crippen LogP contribution in [0.2, 0.25) is 0 Å². The molecule has 1 aromatic heterocycles. The van der Waals surface area contributed by atoms with Gasteiger partial charge in [0.25, 0.3) is 5.91 Å². The number of nitrogens with one attached hydrogen (secondary N) is 1. The van der Waals surface area contributed by atoms with Gasteiger partial charge in [-0.25, -0.2) is 9.97 Å². The Bertz CT molecular complexity index is 670. The Morgan fingerprint density at radius 1 is 1.21 bits per heavy atom. The van der Waals surface area contributed by atoms with Crippen LogP contribution >= 0.6 is 0 Å². The number of amides is 1. The molecular formula is C19H26N4O. The summed E-state index contributed by atoms with van der Waals surface area (Å²) < 4.78 is 0. The van der Waals surface area contributed by atoms with Gasteiger partial charge in [-0.1, -0.05) is 44.2 Å². The first-order valence-electron chi connectivity index (χ1n) is 8.42. The minimum atomic E-state index is -0.147. The van der Waals surface area contributed by atoms with Crippen LogP contribution in [-0.4, -0.2) is 29.0 Å². The zero-order chi connectivity index (χ0) is 17.5. The molecule has 0 aliphatic rings. The molecular weight excluding hydrogens is 300 g/mol. The highest BCUT2D eigenvalue weighted by Crippen LogP contribution is 2.14. The van der Waals surface area contributed by atoms with Crippen LogP contribution in [0.15, 0.2) is 36.4 Å². The van der Waals surface area contributed by atoms with E-state index < -0.39 is 0 Å². The highest BCUT2D eigenvalue weighted by Gasteiger charge is 2.14. The zero-order valence-corrected chi connectivity index (χ0v) is 14.9. The molecule has 1 amide bonds. The monoisotopic (exact) mass is 326 g/mol. The van der Waals surface area contributed by atoms with Gasteiger partial charge in [0.1, 0.15) is 5.69 Å². The number of aromatic nitrogens is 2. The lowest BCUT2D eigenvalue weighted by Crippen LogP contribution is -2.30. The minimum Gasteiger partial charge on any atom is -0.350 e. The van der Waals surface area contributed by atoms with Gasteiger partial charge < -0.3 is 10.2 Å². The van der Waals surface area contributed by atoms with Crippen molar-refractivity contribution in [2.45, 2.75) is 34.2 Å². The molecule has 2 aromatic rings. The van der Waals surface area contributed by atoms with E-state index in [-0.39, 0.29) is 5.91 Å². The lowest BCUT2D eigenvalue weighted by Gasteiger charge is -2.21. The van der Waals surface area contributed by atoms with Crippen molar-refractivity contribution < 1.29 is 4.79 Å². The van der Waals surface area contributed by atoms with Crippen LogP contribution < -0.4 is 10.2 Å². The van der Waals surface area contributed by atoms with E-state index in [0.29, 0.717) is 30.6 Å². The Morgan fingerprint density at radius 2 is 1.92 bits per heavy atom. The van der Waals surface area contributed by atoms with Crippen LogP contribution in [0.25, 0.3) is 0 Å². The highest BCUT2D eigenvalue weighted by atomic mass is 16.1. The molecule has 0 spiro atoms. The predicted octanol–water partition coefficient (Wildman–Crippen LogP) is 3.20. The third-order valence-electron chi connectivity index (χ3n) is 3.63. The molecule has 1 heterocycles. The van der Waals surface area contributed by atoms with Crippen molar-refractivity contribution in [1.82, 2.24) is 15.3 Å². The van der Waals surface area contributed by atoms with E-state index in [4.69, 9.17) is 0 Å². The Kier molecular flexibility index (Phi) is 6.29. The van der Waals surface area contributed by atoms with Crippen molar-refractivity contribution in [3.05, 3.63) is 53.3 Å². The quantitative estimate of drug-likeness (QED) is 0.849. The topological polar surface area (TPSA) is 58.1 Å². The van der Waals surface area contributed by atoms with Gasteiger partial charge in [0.05, 0.1) is 0 Å². The summed E-state index contributed by atoms with van der Waals surface area (Å²) in [6, 6.07) is 11.9. The normalized spacial score (nSPS) is 10.7. The maximum absolute atomic E-state index is 12.3. The van der Waals surface area contributed by atoms with E-state index in [2.05, 4.69) is 53.1 Å². The van der Waals surface area contributed by atoms with Gasteiger partial charge in [0, 0.05) is 25.3 Å². The average molecular weight is 326 g/mol. The molecule has 0 fully saturated rings. The summed E-state index contributed by atoms with van der Waals surface area (Å²) in [6.07, 6.45) is 0. The molecule has 1 N–H and O–H groups in total. The van der Waals surface area contributed by atoms with Gasteiger partial charge in [-0.15, -0.1) is 0 Å². The van der Waals surface area contributed by atoms with E-state index in [1.54, 1.807) is 6.07 Å². The standard InChI is InChI=1S/C19H26N4O/c1-5-23(13-16-9-7-6-8-10-16)19-21-15(4)11-17(22-19)18(24)20-12-14(2)3/h6-11,14H,5,12-13H2,1-4H3,(H,20,24). The summed E-state index contributed by atoms with van der Waals surface area (Å²) in [5.41, 5.74) is 2.40. The van der Waals surface area contributed by atoms with Gasteiger partial charge in [0.15, 0.2) is 0 Å². The second-order valence-corrected chi connectivity index (χ2v) is 6.30. The maximum Gasteiger partial charge on any atom is 0.270 e. The third-order valence-corrected chi connectivity index (χ3v) is 3.63. The molecule has 0 saturated heterocycles. The molecule has 1 aromatic carbocycles. The van der Waals surface area contributed by atoms with Crippen LogP contribution in [0.1, 0.15) is 42.5 Å². The summed E-state index contributed by atoms with van der Waals surface area (Å²) in [7, 11) is 0. The molecule has 2 rings (SSSR count). The van der Waals surface area contributed by atoms with E-state index in [1.807, 2.05) is 25.1 Å². The number of benzene rings is 1. The average Bonchev–Trinajstić information content (AvgIpc) is 2.57. The van der Waals surface area contributed by atoms with Crippen LogP contribution in [-0.2, 0) is 6.54 Å². The van der Waals surface area contributed by atoms with Crippen LogP contribution in [0.3, 0.4) is 0 Å². The number of anilines is 1. The molecule has 24 heavy (non-hydrogen) atoms. The summed E-state index contributed by atoms with van der Waals surface area (Å²) in [6.45, 7) is 10.2. The zero-order valence-electron chi connectivity index (χ0n) is 14.9. The second kappa shape index (κ2) is 8.43. The number of aryl methyl sites for hydroxylation is 1. The summed E-state index contributed by atoms with van der Waals surface area (Å²) in [4.78, 5) is 23.4. The SMILES string of the molecule is CCN(Cc1ccccc1)c1nc(C)cc(C(=O)NCC(C)C)n1. The van der Waals surface area contributed by atoms with Crippen molar-refractivity contribution in [3.63, 3.8) is 0 Å². The number of carbonyl (C=O) groups excluding carboxylic acids is 1. The first-order chi connectivity index (χ1) is 11.5. The van der Waals surface area contributed by atoms with Crippen molar-refractivity contribution in [2.75, 3.05) is 18.0 Å². The van der Waals surface area contributed by atoms with Gasteiger partial charge in [0.2, 0.25) is 5.95 Å². The lowest BCUT2D eigenvalue weighted by molar-refractivity contribution is 0.0944. The van der Waals surface area contributed by atoms with Gasteiger partial charge >= 0.3 is 0 Å². The van der Waals surface area contributed by atoms with E-state index >= 15 is 0 Å². The molecule has 5 heteroatoms.